The van der Waals surface area contributed by atoms with Crippen molar-refractivity contribution in [2.75, 3.05) is 43.6 Å². The van der Waals surface area contributed by atoms with Gasteiger partial charge in [0.1, 0.15) is 35.2 Å². The Bertz CT molecular complexity index is 1740. The molecule has 1 aliphatic heterocycles. The van der Waals surface area contributed by atoms with E-state index in [1.165, 1.54) is 0 Å². The van der Waals surface area contributed by atoms with E-state index in [0.29, 0.717) is 36.0 Å². The van der Waals surface area contributed by atoms with Gasteiger partial charge in [0.2, 0.25) is 0 Å². The van der Waals surface area contributed by atoms with Gasteiger partial charge in [0, 0.05) is 60.4 Å². The summed E-state index contributed by atoms with van der Waals surface area (Å²) >= 11 is 9.24. The topological polar surface area (TPSA) is 93.5 Å². The van der Waals surface area contributed by atoms with Crippen molar-refractivity contribution in [3.63, 3.8) is 0 Å². The third kappa shape index (κ3) is 5.82. The predicted octanol–water partition coefficient (Wildman–Crippen LogP) is 6.49. The van der Waals surface area contributed by atoms with Crippen molar-refractivity contribution in [1.82, 2.24) is 19.3 Å². The first-order valence-corrected chi connectivity index (χ1v) is 14.9. The van der Waals surface area contributed by atoms with Crippen LogP contribution in [0.2, 0.25) is 5.02 Å². The number of nitrogens with zero attached hydrogens (tertiary/aromatic N) is 4. The van der Waals surface area contributed by atoms with E-state index in [2.05, 4.69) is 32.7 Å². The number of rotatable bonds is 8. The molecule has 0 bridgehead atoms. The van der Waals surface area contributed by atoms with Crippen LogP contribution in [-0.4, -0.2) is 53.2 Å². The van der Waals surface area contributed by atoms with Gasteiger partial charge >= 0.3 is 0 Å². The molecule has 1 saturated heterocycles. The number of carbonyl (C=O) groups excluding carboxylic acids is 1. The Morgan fingerprint density at radius 2 is 1.98 bits per heavy atom. The fourth-order valence-electron chi connectivity index (χ4n) is 5.11. The first-order chi connectivity index (χ1) is 20.1. The van der Waals surface area contributed by atoms with Gasteiger partial charge in [-0.05, 0) is 41.5 Å². The number of hydrogen-bond acceptors (Lipinski definition) is 8. The molecule has 41 heavy (non-hydrogen) atoms. The molecule has 0 saturated carbocycles. The number of morpholine rings is 1. The molecule has 1 amide bonds. The van der Waals surface area contributed by atoms with Crippen LogP contribution in [-0.2, 0) is 13.8 Å². The van der Waals surface area contributed by atoms with Gasteiger partial charge in [-0.25, -0.2) is 7.50 Å². The van der Waals surface area contributed by atoms with E-state index in [1.54, 1.807) is 13.2 Å². The first-order valence-electron chi connectivity index (χ1n) is 13.0. The Balaban J connectivity index is 1.49. The molecule has 9 nitrogen and oxygen atoms in total. The summed E-state index contributed by atoms with van der Waals surface area (Å²) in [5.74, 6) is -0.191. The fourth-order valence-corrected chi connectivity index (χ4v) is 6.27. The first kappa shape index (κ1) is 28.0. The lowest BCUT2D eigenvalue weighted by Crippen LogP contribution is -2.36. The number of amides is 1. The molecule has 6 rings (SSSR count). The SMILES string of the molecule is CNC(=O)c1cnc2c(c1)c(-c1ccc3ncc(NCc4cccc(Cl)c4)c(N4CCOCC4)c3c1)cn2SOI. The van der Waals surface area contributed by atoms with Crippen LogP contribution in [0.4, 0.5) is 11.4 Å². The number of nitrogens with one attached hydrogen (secondary N) is 2. The van der Waals surface area contributed by atoms with Crippen molar-refractivity contribution >= 4 is 86.1 Å². The highest BCUT2D eigenvalue weighted by Crippen LogP contribution is 2.39. The van der Waals surface area contributed by atoms with E-state index in [1.807, 2.05) is 75.8 Å². The van der Waals surface area contributed by atoms with Crippen LogP contribution in [0.25, 0.3) is 33.1 Å². The van der Waals surface area contributed by atoms with Crippen molar-refractivity contribution in [2.24, 2.45) is 0 Å². The molecule has 0 unspecified atom stereocenters. The smallest absolute Gasteiger partial charge is 0.252 e. The number of pyridine rings is 2. The fraction of sp³-hybridized carbons (Fsp3) is 0.207. The Kier molecular flexibility index (Phi) is 8.49. The predicted molar refractivity (Wildman–Crippen MR) is 174 cm³/mol. The Morgan fingerprint density at radius 3 is 2.76 bits per heavy atom. The molecule has 0 atom stereocenters. The molecule has 0 spiro atoms. The summed E-state index contributed by atoms with van der Waals surface area (Å²) in [4.78, 5) is 24.2. The van der Waals surface area contributed by atoms with Crippen molar-refractivity contribution < 1.29 is 12.0 Å². The number of ether oxygens (including phenoxy) is 1. The molecule has 2 N–H and O–H groups in total. The summed E-state index contributed by atoms with van der Waals surface area (Å²) in [6.45, 7) is 3.48. The number of aromatic nitrogens is 3. The lowest BCUT2D eigenvalue weighted by molar-refractivity contribution is 0.0963. The van der Waals surface area contributed by atoms with Crippen LogP contribution < -0.4 is 15.5 Å². The van der Waals surface area contributed by atoms with Crippen LogP contribution in [0.5, 0.6) is 0 Å². The molecule has 210 valence electrons. The molecule has 4 heterocycles. The molecule has 1 aliphatic rings. The van der Waals surface area contributed by atoms with Gasteiger partial charge in [-0.15, -0.1) is 0 Å². The van der Waals surface area contributed by atoms with Crippen LogP contribution in [0.15, 0.2) is 67.1 Å². The summed E-state index contributed by atoms with van der Waals surface area (Å²) in [7, 11) is 1.61. The van der Waals surface area contributed by atoms with Gasteiger partial charge in [0.15, 0.2) is 5.65 Å². The minimum atomic E-state index is -0.191. The molecule has 5 aromatic rings. The third-order valence-electron chi connectivity index (χ3n) is 7.06. The zero-order chi connectivity index (χ0) is 28.3. The average molecular weight is 701 g/mol. The van der Waals surface area contributed by atoms with Gasteiger partial charge < -0.3 is 20.3 Å². The lowest BCUT2D eigenvalue weighted by Gasteiger charge is -2.31. The monoisotopic (exact) mass is 700 g/mol. The second-order valence-corrected chi connectivity index (χ2v) is 11.7. The highest BCUT2D eigenvalue weighted by molar-refractivity contribution is 14.1. The highest BCUT2D eigenvalue weighted by Gasteiger charge is 2.21. The molecule has 1 fully saturated rings. The maximum atomic E-state index is 12.4. The van der Waals surface area contributed by atoms with Crippen LogP contribution in [0, 0.1) is 0 Å². The Labute approximate surface area is 260 Å². The van der Waals surface area contributed by atoms with Gasteiger partial charge in [-0.3, -0.25) is 13.8 Å². The van der Waals surface area contributed by atoms with Crippen molar-refractivity contribution in [3.05, 3.63) is 83.3 Å². The molecule has 0 aliphatic carbocycles. The van der Waals surface area contributed by atoms with E-state index in [-0.39, 0.29) is 5.91 Å². The number of fused-ring (bicyclic) bond motifs is 2. The zero-order valence-corrected chi connectivity index (χ0v) is 25.8. The minimum absolute atomic E-state index is 0.191. The van der Waals surface area contributed by atoms with Gasteiger partial charge in [0.05, 0.1) is 41.9 Å². The third-order valence-corrected chi connectivity index (χ3v) is 8.27. The van der Waals surface area contributed by atoms with Gasteiger partial charge in [0.25, 0.3) is 5.91 Å². The summed E-state index contributed by atoms with van der Waals surface area (Å²) in [6.07, 6.45) is 5.46. The van der Waals surface area contributed by atoms with Crippen molar-refractivity contribution in [1.29, 1.82) is 0 Å². The lowest BCUT2D eigenvalue weighted by atomic mass is 10.0. The van der Waals surface area contributed by atoms with Crippen LogP contribution in [0.3, 0.4) is 0 Å². The van der Waals surface area contributed by atoms with E-state index in [9.17, 15) is 4.79 Å². The summed E-state index contributed by atoms with van der Waals surface area (Å²) in [5, 5.41) is 8.86. The number of hydrogen-bond donors (Lipinski definition) is 2. The largest absolute Gasteiger partial charge is 0.378 e. The summed E-state index contributed by atoms with van der Waals surface area (Å²) in [6, 6.07) is 16.0. The Morgan fingerprint density at radius 1 is 1.12 bits per heavy atom. The van der Waals surface area contributed by atoms with Gasteiger partial charge in [-0.1, -0.05) is 29.8 Å². The summed E-state index contributed by atoms with van der Waals surface area (Å²) in [5.41, 5.74) is 7.11. The van der Waals surface area contributed by atoms with E-state index in [4.69, 9.17) is 23.8 Å². The van der Waals surface area contributed by atoms with E-state index in [0.717, 1.165) is 69.7 Å². The molecule has 2 aromatic carbocycles. The van der Waals surface area contributed by atoms with Crippen LogP contribution in [0.1, 0.15) is 15.9 Å². The maximum Gasteiger partial charge on any atom is 0.252 e. The normalized spacial score (nSPS) is 13.6. The van der Waals surface area contributed by atoms with Crippen LogP contribution >= 0.6 is 46.8 Å². The standard InChI is InChI=1S/C29H26ClIN6O3S/c1-32-29(38)20-13-22-24(17-37(41-40-31)28(22)35-15-20)19-5-6-25-23(12-19)27(36-7-9-39-10-8-36)26(16-34-25)33-14-18-3-2-4-21(30)11-18/h2-6,11-13,15-17,33H,7-10,14H2,1H3,(H,32,38). The number of benzene rings is 2. The van der Waals surface area contributed by atoms with Crippen molar-refractivity contribution in [2.45, 2.75) is 6.54 Å². The number of carbonyl (C=O) groups is 1. The minimum Gasteiger partial charge on any atom is -0.378 e. The molecule has 0 radical (unpaired) electrons. The molecule has 12 heteroatoms. The van der Waals surface area contributed by atoms with Crippen molar-refractivity contribution in [3.8, 4) is 11.1 Å². The molecule has 3 aromatic heterocycles. The maximum absolute atomic E-state index is 12.4. The molecular weight excluding hydrogens is 675 g/mol. The van der Waals surface area contributed by atoms with Gasteiger partial charge in [-0.2, -0.15) is 0 Å². The second-order valence-electron chi connectivity index (χ2n) is 9.52. The average Bonchev–Trinajstić information content (AvgIpc) is 3.37. The van der Waals surface area contributed by atoms with E-state index >= 15 is 0 Å². The second kappa shape index (κ2) is 12.4. The number of halogens is 2. The summed E-state index contributed by atoms with van der Waals surface area (Å²) < 4.78 is 12.9. The highest BCUT2D eigenvalue weighted by atomic mass is 127. The zero-order valence-electron chi connectivity index (χ0n) is 22.1. The quantitative estimate of drug-likeness (QED) is 0.140. The number of anilines is 2. The van der Waals surface area contributed by atoms with E-state index < -0.39 is 0 Å². The molecular formula is C29H26ClIN6O3S. The Hall–Kier alpha value is -3.10.